The molecular formula is C17H18O8. The third kappa shape index (κ3) is 2.86. The minimum Gasteiger partial charge on any atom is -0.506 e. The average molecular weight is 350 g/mol. The molecule has 0 saturated heterocycles. The smallest absolute Gasteiger partial charge is 0.342 e. The monoisotopic (exact) mass is 350 g/mol. The Morgan fingerprint density at radius 2 is 1.40 bits per heavy atom. The van der Waals surface area contributed by atoms with Crippen LogP contribution in [0.2, 0.25) is 0 Å². The molecule has 0 spiro atoms. The van der Waals surface area contributed by atoms with E-state index in [2.05, 4.69) is 4.74 Å². The summed E-state index contributed by atoms with van der Waals surface area (Å²) in [6.45, 7) is 0. The third-order valence-electron chi connectivity index (χ3n) is 3.71. The fourth-order valence-electron chi connectivity index (χ4n) is 2.58. The third-order valence-corrected chi connectivity index (χ3v) is 3.71. The summed E-state index contributed by atoms with van der Waals surface area (Å²) in [7, 11) is 6.55. The number of ether oxygens (including phenoxy) is 5. The van der Waals surface area contributed by atoms with E-state index >= 15 is 0 Å². The van der Waals surface area contributed by atoms with E-state index in [1.165, 1.54) is 33.5 Å². The van der Waals surface area contributed by atoms with Crippen LogP contribution in [0.25, 0.3) is 10.8 Å². The van der Waals surface area contributed by atoms with Crippen molar-refractivity contribution < 1.29 is 38.4 Å². The summed E-state index contributed by atoms with van der Waals surface area (Å²) >= 11 is 0. The zero-order valence-electron chi connectivity index (χ0n) is 14.5. The number of phenolic OH excluding ortho intramolecular Hbond substituents is 1. The van der Waals surface area contributed by atoms with Gasteiger partial charge in [-0.3, -0.25) is 0 Å². The van der Waals surface area contributed by atoms with Gasteiger partial charge in [0.1, 0.15) is 11.3 Å². The quantitative estimate of drug-likeness (QED) is 0.819. The molecule has 0 heterocycles. The van der Waals surface area contributed by atoms with Crippen LogP contribution >= 0.6 is 0 Å². The van der Waals surface area contributed by atoms with Crippen LogP contribution in [0.3, 0.4) is 0 Å². The Kier molecular flexibility index (Phi) is 5.21. The summed E-state index contributed by atoms with van der Waals surface area (Å²) in [5.41, 5.74) is -0.471. The van der Waals surface area contributed by atoms with Gasteiger partial charge in [-0.25, -0.2) is 9.59 Å². The van der Waals surface area contributed by atoms with E-state index in [9.17, 15) is 14.7 Å². The zero-order chi connectivity index (χ0) is 18.7. The van der Waals surface area contributed by atoms with Crippen LogP contribution in [-0.2, 0) is 9.47 Å². The number of aromatic hydroxyl groups is 1. The number of carbonyl (C=O) groups excluding carboxylic acids is 2. The van der Waals surface area contributed by atoms with Crippen molar-refractivity contribution in [2.75, 3.05) is 35.5 Å². The van der Waals surface area contributed by atoms with Crippen LogP contribution < -0.4 is 14.2 Å². The first-order valence-corrected chi connectivity index (χ1v) is 7.10. The predicted molar refractivity (Wildman–Crippen MR) is 87.9 cm³/mol. The molecule has 2 aromatic carbocycles. The molecule has 0 bridgehead atoms. The normalized spacial score (nSPS) is 10.3. The van der Waals surface area contributed by atoms with E-state index in [0.717, 1.165) is 14.2 Å². The van der Waals surface area contributed by atoms with Gasteiger partial charge in [0.05, 0.1) is 41.1 Å². The van der Waals surface area contributed by atoms with E-state index < -0.39 is 17.7 Å². The van der Waals surface area contributed by atoms with Crippen LogP contribution in [0.1, 0.15) is 20.7 Å². The Bertz CT molecular complexity index is 841. The fourth-order valence-corrected chi connectivity index (χ4v) is 2.58. The highest BCUT2D eigenvalue weighted by Gasteiger charge is 2.28. The van der Waals surface area contributed by atoms with Gasteiger partial charge < -0.3 is 28.8 Å². The first kappa shape index (κ1) is 18.2. The van der Waals surface area contributed by atoms with Crippen molar-refractivity contribution in [2.45, 2.75) is 0 Å². The van der Waals surface area contributed by atoms with Gasteiger partial charge in [0.15, 0.2) is 11.5 Å². The number of phenols is 1. The molecule has 25 heavy (non-hydrogen) atoms. The number of methoxy groups -OCH3 is 5. The van der Waals surface area contributed by atoms with Crippen LogP contribution in [-0.4, -0.2) is 52.6 Å². The van der Waals surface area contributed by atoms with Gasteiger partial charge in [-0.05, 0) is 12.1 Å². The lowest BCUT2D eigenvalue weighted by atomic mass is 9.97. The van der Waals surface area contributed by atoms with Crippen LogP contribution in [0.5, 0.6) is 23.0 Å². The highest BCUT2D eigenvalue weighted by atomic mass is 16.5. The molecule has 0 saturated carbocycles. The van der Waals surface area contributed by atoms with Gasteiger partial charge in [-0.15, -0.1) is 0 Å². The molecular weight excluding hydrogens is 332 g/mol. The molecule has 0 fully saturated rings. The van der Waals surface area contributed by atoms with Crippen molar-refractivity contribution in [1.29, 1.82) is 0 Å². The molecule has 134 valence electrons. The summed E-state index contributed by atoms with van der Waals surface area (Å²) < 4.78 is 25.3. The van der Waals surface area contributed by atoms with E-state index in [1.54, 1.807) is 0 Å². The minimum absolute atomic E-state index is 0.162. The lowest BCUT2D eigenvalue weighted by molar-refractivity contribution is 0.0552. The van der Waals surface area contributed by atoms with Gasteiger partial charge in [0.2, 0.25) is 5.75 Å². The molecule has 0 unspecified atom stereocenters. The maximum atomic E-state index is 12.1. The number of benzene rings is 2. The minimum atomic E-state index is -0.881. The Labute approximate surface area is 143 Å². The molecule has 0 atom stereocenters. The average Bonchev–Trinajstić information content (AvgIpc) is 2.64. The Balaban J connectivity index is 3.03. The van der Waals surface area contributed by atoms with Crippen LogP contribution in [0.4, 0.5) is 0 Å². The Morgan fingerprint density at radius 1 is 0.800 bits per heavy atom. The van der Waals surface area contributed by atoms with E-state index in [4.69, 9.17) is 18.9 Å². The molecule has 1 N–H and O–H groups in total. The SMILES string of the molecule is COC(=O)c1cc2c(OC)c(OC)c(OC)cc2c(O)c1C(=O)OC. The molecule has 0 amide bonds. The standard InChI is InChI=1S/C17H18O8/c1-21-11-7-8-9(14(22-2)15(11)23-3)6-10(16(19)24-4)12(13(8)18)17(20)25-5/h6-7,18H,1-5H3. The zero-order valence-corrected chi connectivity index (χ0v) is 14.5. The van der Waals surface area contributed by atoms with E-state index in [1.807, 2.05) is 0 Å². The van der Waals surface area contributed by atoms with Crippen molar-refractivity contribution in [3.05, 3.63) is 23.3 Å². The molecule has 0 aliphatic carbocycles. The number of hydrogen-bond acceptors (Lipinski definition) is 8. The molecule has 0 aliphatic heterocycles. The number of esters is 2. The van der Waals surface area contributed by atoms with Crippen LogP contribution in [0, 0.1) is 0 Å². The largest absolute Gasteiger partial charge is 0.506 e. The maximum absolute atomic E-state index is 12.1. The highest BCUT2D eigenvalue weighted by Crippen LogP contribution is 2.47. The molecule has 0 radical (unpaired) electrons. The number of hydrogen-bond donors (Lipinski definition) is 1. The van der Waals surface area contributed by atoms with Gasteiger partial charge in [-0.2, -0.15) is 0 Å². The van der Waals surface area contributed by atoms with Crippen molar-refractivity contribution in [3.8, 4) is 23.0 Å². The molecule has 8 heteroatoms. The van der Waals surface area contributed by atoms with Gasteiger partial charge in [-0.1, -0.05) is 0 Å². The van der Waals surface area contributed by atoms with Gasteiger partial charge >= 0.3 is 11.9 Å². The first-order chi connectivity index (χ1) is 11.9. The number of rotatable bonds is 5. The summed E-state index contributed by atoms with van der Waals surface area (Å²) in [5, 5.41) is 11.2. The Morgan fingerprint density at radius 3 is 1.88 bits per heavy atom. The van der Waals surface area contributed by atoms with E-state index in [-0.39, 0.29) is 33.8 Å². The number of fused-ring (bicyclic) bond motifs is 1. The molecule has 0 aliphatic rings. The van der Waals surface area contributed by atoms with Crippen molar-refractivity contribution in [3.63, 3.8) is 0 Å². The highest BCUT2D eigenvalue weighted by molar-refractivity contribution is 6.12. The van der Waals surface area contributed by atoms with Crippen molar-refractivity contribution in [2.24, 2.45) is 0 Å². The molecule has 2 rings (SSSR count). The first-order valence-electron chi connectivity index (χ1n) is 7.10. The molecule has 8 nitrogen and oxygen atoms in total. The van der Waals surface area contributed by atoms with Gasteiger partial charge in [0, 0.05) is 10.8 Å². The second-order valence-corrected chi connectivity index (χ2v) is 4.87. The topological polar surface area (TPSA) is 101 Å². The predicted octanol–water partition coefficient (Wildman–Crippen LogP) is 2.14. The second kappa shape index (κ2) is 7.16. The summed E-state index contributed by atoms with van der Waals surface area (Å²) in [5.74, 6) is -1.36. The summed E-state index contributed by atoms with van der Waals surface area (Å²) in [6.07, 6.45) is 0. The maximum Gasteiger partial charge on any atom is 0.342 e. The van der Waals surface area contributed by atoms with Gasteiger partial charge in [0.25, 0.3) is 0 Å². The van der Waals surface area contributed by atoms with Crippen molar-refractivity contribution in [1.82, 2.24) is 0 Å². The molecule has 2 aromatic rings. The molecule has 0 aromatic heterocycles. The fraction of sp³-hybridized carbons (Fsp3) is 0.294. The van der Waals surface area contributed by atoms with Crippen LogP contribution in [0.15, 0.2) is 12.1 Å². The summed E-state index contributed by atoms with van der Waals surface area (Å²) in [6, 6.07) is 2.84. The van der Waals surface area contributed by atoms with Crippen molar-refractivity contribution >= 4 is 22.7 Å². The summed E-state index contributed by atoms with van der Waals surface area (Å²) in [4.78, 5) is 24.2. The number of carbonyl (C=O) groups is 2. The lowest BCUT2D eigenvalue weighted by Gasteiger charge is -2.17. The second-order valence-electron chi connectivity index (χ2n) is 4.87. The van der Waals surface area contributed by atoms with E-state index in [0.29, 0.717) is 5.39 Å². The lowest BCUT2D eigenvalue weighted by Crippen LogP contribution is -2.12. The Hall–Kier alpha value is -3.16.